The predicted molar refractivity (Wildman–Crippen MR) is 45.5 cm³/mol. The lowest BCUT2D eigenvalue weighted by molar-refractivity contribution is -0.104. The van der Waals surface area contributed by atoms with Gasteiger partial charge in [-0.2, -0.15) is 0 Å². The van der Waals surface area contributed by atoms with Crippen molar-refractivity contribution >= 4 is 6.29 Å². The van der Waals surface area contributed by atoms with Crippen LogP contribution in [0.5, 0.6) is 0 Å². The Labute approximate surface area is 68.2 Å². The molecule has 0 heterocycles. The highest BCUT2D eigenvalue weighted by Crippen LogP contribution is 2.18. The van der Waals surface area contributed by atoms with E-state index in [0.29, 0.717) is 0 Å². The molecule has 0 saturated carbocycles. The zero-order chi connectivity index (χ0) is 8.74. The van der Waals surface area contributed by atoms with E-state index in [4.69, 9.17) is 4.74 Å². The second kappa shape index (κ2) is 5.08. The van der Waals surface area contributed by atoms with Gasteiger partial charge in [-0.15, -0.1) is 0 Å². The maximum absolute atomic E-state index is 9.94. The number of allylic oxidation sites excluding steroid dienone is 1. The summed E-state index contributed by atoms with van der Waals surface area (Å²) in [5, 5.41) is 0. The number of hydrogen-bond donors (Lipinski definition) is 0. The molecule has 0 N–H and O–H groups in total. The molecular formula is C9H16O2. The van der Waals surface area contributed by atoms with Crippen molar-refractivity contribution in [1.29, 1.82) is 0 Å². The minimum atomic E-state index is -0.112. The van der Waals surface area contributed by atoms with Gasteiger partial charge in [-0.3, -0.25) is 4.79 Å². The molecule has 64 valence electrons. The molecule has 0 bridgehead atoms. The quantitative estimate of drug-likeness (QED) is 0.449. The molecular weight excluding hydrogens is 140 g/mol. The van der Waals surface area contributed by atoms with E-state index in [1.807, 2.05) is 13.0 Å². The molecule has 0 aromatic heterocycles. The van der Waals surface area contributed by atoms with Crippen molar-refractivity contribution in [3.8, 4) is 0 Å². The van der Waals surface area contributed by atoms with Gasteiger partial charge in [0, 0.05) is 7.11 Å². The summed E-state index contributed by atoms with van der Waals surface area (Å²) in [7, 11) is 1.69. The van der Waals surface area contributed by atoms with Gasteiger partial charge < -0.3 is 4.74 Å². The third-order valence-electron chi connectivity index (χ3n) is 2.00. The van der Waals surface area contributed by atoms with Crippen molar-refractivity contribution in [1.82, 2.24) is 0 Å². The van der Waals surface area contributed by atoms with Gasteiger partial charge >= 0.3 is 0 Å². The Hall–Kier alpha value is -0.630. The Balaban J connectivity index is 3.86. The molecule has 0 aliphatic rings. The molecule has 11 heavy (non-hydrogen) atoms. The third-order valence-corrected chi connectivity index (χ3v) is 2.00. The van der Waals surface area contributed by atoms with E-state index < -0.39 is 0 Å². The molecule has 2 heteroatoms. The zero-order valence-electron chi connectivity index (χ0n) is 7.46. The summed E-state index contributed by atoms with van der Waals surface area (Å²) >= 11 is 0. The van der Waals surface area contributed by atoms with E-state index in [2.05, 4.69) is 6.92 Å². The normalized spacial score (nSPS) is 16.6. The number of methoxy groups -OCH3 is 1. The second-order valence-corrected chi connectivity index (χ2v) is 2.78. The predicted octanol–water partition coefficient (Wildman–Crippen LogP) is 1.95. The molecule has 0 fully saturated rings. The monoisotopic (exact) mass is 156 g/mol. The maximum Gasteiger partial charge on any atom is 0.142 e. The van der Waals surface area contributed by atoms with Gasteiger partial charge in [-0.1, -0.05) is 13.0 Å². The van der Waals surface area contributed by atoms with E-state index in [1.54, 1.807) is 7.11 Å². The summed E-state index contributed by atoms with van der Waals surface area (Å²) in [5.74, 6) is 0. The van der Waals surface area contributed by atoms with Gasteiger partial charge in [0.15, 0.2) is 0 Å². The summed E-state index contributed by atoms with van der Waals surface area (Å²) in [6, 6.07) is 0. The third kappa shape index (κ3) is 3.94. The van der Waals surface area contributed by atoms with Gasteiger partial charge in [-0.25, -0.2) is 0 Å². The first-order valence-electron chi connectivity index (χ1n) is 3.84. The standard InChI is InChI=1S/C9H16O2/c1-4-9(2,11-3)7-5-6-8-10/h5-6,8H,4,7H2,1-3H3/b6-5+. The van der Waals surface area contributed by atoms with Gasteiger partial charge in [0.1, 0.15) is 6.29 Å². The molecule has 1 unspecified atom stereocenters. The lowest BCUT2D eigenvalue weighted by Gasteiger charge is -2.24. The molecule has 1 atom stereocenters. The molecule has 0 radical (unpaired) electrons. The largest absolute Gasteiger partial charge is 0.378 e. The van der Waals surface area contributed by atoms with Crippen LogP contribution in [0.3, 0.4) is 0 Å². The van der Waals surface area contributed by atoms with Crippen molar-refractivity contribution in [3.63, 3.8) is 0 Å². The van der Waals surface area contributed by atoms with Gasteiger partial charge in [0.2, 0.25) is 0 Å². The van der Waals surface area contributed by atoms with Gasteiger partial charge in [0.25, 0.3) is 0 Å². The van der Waals surface area contributed by atoms with Crippen LogP contribution in [0.4, 0.5) is 0 Å². The Bertz CT molecular complexity index is 134. The van der Waals surface area contributed by atoms with Crippen molar-refractivity contribution in [2.75, 3.05) is 7.11 Å². The van der Waals surface area contributed by atoms with Crippen molar-refractivity contribution in [3.05, 3.63) is 12.2 Å². The first kappa shape index (κ1) is 10.4. The number of carbonyl (C=O) groups is 1. The summed E-state index contributed by atoms with van der Waals surface area (Å²) in [6.07, 6.45) is 5.87. The topological polar surface area (TPSA) is 26.3 Å². The highest BCUT2D eigenvalue weighted by atomic mass is 16.5. The van der Waals surface area contributed by atoms with Crippen molar-refractivity contribution < 1.29 is 9.53 Å². The highest BCUT2D eigenvalue weighted by Gasteiger charge is 2.18. The summed E-state index contributed by atoms with van der Waals surface area (Å²) in [4.78, 5) is 9.94. The molecule has 0 aliphatic carbocycles. The van der Waals surface area contributed by atoms with E-state index in [0.717, 1.165) is 19.1 Å². The Morgan fingerprint density at radius 3 is 2.55 bits per heavy atom. The van der Waals surface area contributed by atoms with Crippen molar-refractivity contribution in [2.45, 2.75) is 32.3 Å². The van der Waals surface area contributed by atoms with Crippen molar-refractivity contribution in [2.24, 2.45) is 0 Å². The summed E-state index contributed by atoms with van der Waals surface area (Å²) in [5.41, 5.74) is -0.112. The maximum atomic E-state index is 9.94. The average molecular weight is 156 g/mol. The number of aldehydes is 1. The smallest absolute Gasteiger partial charge is 0.142 e. The molecule has 2 nitrogen and oxygen atoms in total. The van der Waals surface area contributed by atoms with Crippen LogP contribution in [0, 0.1) is 0 Å². The van der Waals surface area contributed by atoms with Gasteiger partial charge in [-0.05, 0) is 25.8 Å². The number of hydrogen-bond acceptors (Lipinski definition) is 2. The number of rotatable bonds is 5. The Morgan fingerprint density at radius 1 is 1.55 bits per heavy atom. The summed E-state index contributed by atoms with van der Waals surface area (Å²) < 4.78 is 5.27. The SMILES string of the molecule is CCC(C)(C/C=C/C=O)OC. The fraction of sp³-hybridized carbons (Fsp3) is 0.667. The molecule has 0 aromatic rings. The molecule has 0 aromatic carbocycles. The molecule has 0 spiro atoms. The molecule has 0 aliphatic heterocycles. The van der Waals surface area contributed by atoms with Crippen LogP contribution in [-0.4, -0.2) is 19.0 Å². The number of ether oxygens (including phenoxy) is 1. The second-order valence-electron chi connectivity index (χ2n) is 2.78. The van der Waals surface area contributed by atoms with Crippen LogP contribution in [0.15, 0.2) is 12.2 Å². The molecule has 0 saturated heterocycles. The average Bonchev–Trinajstić information content (AvgIpc) is 2.05. The van der Waals surface area contributed by atoms with E-state index in [9.17, 15) is 4.79 Å². The van der Waals surface area contributed by atoms with Gasteiger partial charge in [0.05, 0.1) is 5.60 Å². The number of carbonyl (C=O) groups excluding carboxylic acids is 1. The first-order valence-corrected chi connectivity index (χ1v) is 3.84. The van der Waals surface area contributed by atoms with Crippen LogP contribution in [0.1, 0.15) is 26.7 Å². The van der Waals surface area contributed by atoms with Crippen LogP contribution >= 0.6 is 0 Å². The fourth-order valence-electron chi connectivity index (χ4n) is 0.745. The Morgan fingerprint density at radius 2 is 2.18 bits per heavy atom. The molecule has 0 amide bonds. The van der Waals surface area contributed by atoms with Crippen LogP contribution in [-0.2, 0) is 9.53 Å². The fourth-order valence-corrected chi connectivity index (χ4v) is 0.745. The minimum absolute atomic E-state index is 0.112. The van der Waals surface area contributed by atoms with Crippen LogP contribution in [0.25, 0.3) is 0 Å². The van der Waals surface area contributed by atoms with Crippen LogP contribution < -0.4 is 0 Å². The zero-order valence-corrected chi connectivity index (χ0v) is 7.46. The molecule has 0 rings (SSSR count). The van der Waals surface area contributed by atoms with E-state index >= 15 is 0 Å². The van der Waals surface area contributed by atoms with E-state index in [-0.39, 0.29) is 5.60 Å². The van der Waals surface area contributed by atoms with E-state index in [1.165, 1.54) is 6.08 Å². The lowest BCUT2D eigenvalue weighted by atomic mass is 9.99. The minimum Gasteiger partial charge on any atom is -0.378 e. The highest BCUT2D eigenvalue weighted by molar-refractivity contribution is 5.64. The first-order chi connectivity index (χ1) is 5.18. The lowest BCUT2D eigenvalue weighted by Crippen LogP contribution is -2.24. The van der Waals surface area contributed by atoms with Crippen LogP contribution in [0.2, 0.25) is 0 Å². The summed E-state index contributed by atoms with van der Waals surface area (Å²) in [6.45, 7) is 4.10. The Kier molecular flexibility index (Phi) is 4.79.